The molecule has 3 heteroatoms. The first-order chi connectivity index (χ1) is 8.31. The molecule has 0 radical (unpaired) electrons. The van der Waals surface area contributed by atoms with Gasteiger partial charge in [-0.2, -0.15) is 0 Å². The van der Waals surface area contributed by atoms with Crippen molar-refractivity contribution in [2.75, 3.05) is 5.73 Å². The van der Waals surface area contributed by atoms with Crippen LogP contribution >= 0.6 is 0 Å². The average Bonchev–Trinajstić information content (AvgIpc) is 2.70. The van der Waals surface area contributed by atoms with Crippen LogP contribution in [0, 0.1) is 0 Å². The summed E-state index contributed by atoms with van der Waals surface area (Å²) in [6.45, 7) is 0. The van der Waals surface area contributed by atoms with Crippen LogP contribution in [0.2, 0.25) is 0 Å². The molecule has 0 spiro atoms. The number of nitrogens with one attached hydrogen (secondary N) is 1. The van der Waals surface area contributed by atoms with Crippen LogP contribution in [0.4, 0.5) is 5.95 Å². The van der Waals surface area contributed by atoms with Crippen LogP contribution < -0.4 is 5.73 Å². The van der Waals surface area contributed by atoms with Crippen molar-refractivity contribution in [3.05, 3.63) is 59.7 Å². The summed E-state index contributed by atoms with van der Waals surface area (Å²) in [7, 11) is 0. The van der Waals surface area contributed by atoms with Crippen molar-refractivity contribution in [1.82, 2.24) is 9.97 Å². The molecule has 0 amide bonds. The predicted molar refractivity (Wildman–Crippen MR) is 69.8 cm³/mol. The number of nitrogens with two attached hydrogens (primary N) is 1. The number of imidazole rings is 1. The lowest BCUT2D eigenvalue weighted by molar-refractivity contribution is 1.20. The topological polar surface area (TPSA) is 54.7 Å². The number of benzene rings is 2. The van der Waals surface area contributed by atoms with Gasteiger partial charge in [-0.1, -0.05) is 36.4 Å². The van der Waals surface area contributed by atoms with Gasteiger partial charge in [-0.3, -0.25) is 0 Å². The van der Waals surface area contributed by atoms with E-state index >= 15 is 0 Å². The highest BCUT2D eigenvalue weighted by Crippen LogP contribution is 2.17. The largest absolute Gasteiger partial charge is 0.369 e. The molecule has 3 aromatic rings. The molecule has 0 bridgehead atoms. The Morgan fingerprint density at radius 2 is 1.82 bits per heavy atom. The maximum atomic E-state index is 5.63. The van der Waals surface area contributed by atoms with Gasteiger partial charge in [0, 0.05) is 0 Å². The van der Waals surface area contributed by atoms with E-state index in [0.717, 1.165) is 17.5 Å². The number of nitrogen functional groups attached to an aromatic ring is 1. The zero-order valence-electron chi connectivity index (χ0n) is 9.35. The number of aromatic nitrogens is 2. The summed E-state index contributed by atoms with van der Waals surface area (Å²) < 4.78 is 0. The van der Waals surface area contributed by atoms with Crippen LogP contribution in [-0.4, -0.2) is 9.97 Å². The first kappa shape index (κ1) is 9.90. The third kappa shape index (κ3) is 1.99. The minimum absolute atomic E-state index is 0.469. The summed E-state index contributed by atoms with van der Waals surface area (Å²) in [5.74, 6) is 0.469. The summed E-state index contributed by atoms with van der Waals surface area (Å²) >= 11 is 0. The molecule has 0 aliphatic carbocycles. The van der Waals surface area contributed by atoms with Crippen LogP contribution in [0.25, 0.3) is 11.0 Å². The number of anilines is 1. The van der Waals surface area contributed by atoms with Gasteiger partial charge in [-0.15, -0.1) is 0 Å². The average molecular weight is 223 g/mol. The summed E-state index contributed by atoms with van der Waals surface area (Å²) in [5.41, 5.74) is 10.1. The first-order valence-corrected chi connectivity index (χ1v) is 5.59. The molecule has 0 fully saturated rings. The predicted octanol–water partition coefficient (Wildman–Crippen LogP) is 2.74. The van der Waals surface area contributed by atoms with Crippen molar-refractivity contribution in [2.24, 2.45) is 0 Å². The zero-order valence-corrected chi connectivity index (χ0v) is 9.35. The SMILES string of the molecule is Nc1nc2cc(Cc3ccccc3)ccc2[nH]1. The maximum Gasteiger partial charge on any atom is 0.198 e. The molecule has 1 aromatic heterocycles. The number of fused-ring (bicyclic) bond motifs is 1. The van der Waals surface area contributed by atoms with E-state index in [9.17, 15) is 0 Å². The number of hydrogen-bond acceptors (Lipinski definition) is 2. The van der Waals surface area contributed by atoms with Gasteiger partial charge in [0.15, 0.2) is 5.95 Å². The number of rotatable bonds is 2. The smallest absolute Gasteiger partial charge is 0.198 e. The summed E-state index contributed by atoms with van der Waals surface area (Å²) in [4.78, 5) is 7.25. The lowest BCUT2D eigenvalue weighted by Crippen LogP contribution is -1.87. The molecular weight excluding hydrogens is 210 g/mol. The number of nitrogens with zero attached hydrogens (tertiary/aromatic N) is 1. The highest BCUT2D eigenvalue weighted by Gasteiger charge is 2.01. The van der Waals surface area contributed by atoms with Gasteiger partial charge in [0.1, 0.15) is 0 Å². The minimum atomic E-state index is 0.469. The minimum Gasteiger partial charge on any atom is -0.369 e. The van der Waals surface area contributed by atoms with Gasteiger partial charge in [-0.25, -0.2) is 4.98 Å². The molecule has 0 saturated heterocycles. The number of aromatic amines is 1. The monoisotopic (exact) mass is 223 g/mol. The Labute approximate surface area is 99.3 Å². The second-order valence-electron chi connectivity index (χ2n) is 4.14. The molecule has 1 heterocycles. The molecule has 0 saturated carbocycles. The molecule has 0 unspecified atom stereocenters. The van der Waals surface area contributed by atoms with E-state index in [1.54, 1.807) is 0 Å². The van der Waals surface area contributed by atoms with Crippen molar-refractivity contribution < 1.29 is 0 Å². The highest BCUT2D eigenvalue weighted by molar-refractivity contribution is 5.77. The van der Waals surface area contributed by atoms with Gasteiger partial charge in [0.05, 0.1) is 11.0 Å². The Bertz CT molecular complexity index is 641. The Balaban J connectivity index is 1.95. The van der Waals surface area contributed by atoms with Crippen LogP contribution in [0.3, 0.4) is 0 Å². The third-order valence-electron chi connectivity index (χ3n) is 2.82. The lowest BCUT2D eigenvalue weighted by Gasteiger charge is -2.01. The van der Waals surface area contributed by atoms with Gasteiger partial charge in [0.25, 0.3) is 0 Å². The van der Waals surface area contributed by atoms with Gasteiger partial charge in [-0.05, 0) is 29.7 Å². The normalized spacial score (nSPS) is 10.8. The van der Waals surface area contributed by atoms with E-state index in [4.69, 9.17) is 5.73 Å². The molecule has 3 nitrogen and oxygen atoms in total. The Kier molecular flexibility index (Phi) is 2.29. The van der Waals surface area contributed by atoms with Crippen molar-refractivity contribution in [3.8, 4) is 0 Å². The first-order valence-electron chi connectivity index (χ1n) is 5.59. The Hall–Kier alpha value is -2.29. The van der Waals surface area contributed by atoms with E-state index in [-0.39, 0.29) is 0 Å². The van der Waals surface area contributed by atoms with E-state index in [2.05, 4.69) is 46.4 Å². The number of hydrogen-bond donors (Lipinski definition) is 2. The lowest BCUT2D eigenvalue weighted by atomic mass is 10.0. The molecule has 2 aromatic carbocycles. The van der Waals surface area contributed by atoms with Crippen molar-refractivity contribution in [2.45, 2.75) is 6.42 Å². The second kappa shape index (κ2) is 3.94. The molecule has 84 valence electrons. The van der Waals surface area contributed by atoms with Crippen LogP contribution in [-0.2, 0) is 6.42 Å². The van der Waals surface area contributed by atoms with Crippen molar-refractivity contribution in [1.29, 1.82) is 0 Å². The van der Waals surface area contributed by atoms with E-state index in [0.29, 0.717) is 5.95 Å². The third-order valence-corrected chi connectivity index (χ3v) is 2.82. The zero-order chi connectivity index (χ0) is 11.7. The van der Waals surface area contributed by atoms with E-state index < -0.39 is 0 Å². The summed E-state index contributed by atoms with van der Waals surface area (Å²) in [6.07, 6.45) is 0.920. The van der Waals surface area contributed by atoms with Gasteiger partial charge >= 0.3 is 0 Å². The molecule has 17 heavy (non-hydrogen) atoms. The Morgan fingerprint density at radius 1 is 1.00 bits per heavy atom. The van der Waals surface area contributed by atoms with Crippen molar-refractivity contribution >= 4 is 17.0 Å². The van der Waals surface area contributed by atoms with Crippen LogP contribution in [0.1, 0.15) is 11.1 Å². The highest BCUT2D eigenvalue weighted by atomic mass is 15.0. The Morgan fingerprint density at radius 3 is 2.65 bits per heavy atom. The molecule has 3 rings (SSSR count). The standard InChI is InChI=1S/C14H13N3/c15-14-16-12-7-6-11(9-13(12)17-14)8-10-4-2-1-3-5-10/h1-7,9H,8H2,(H3,15,16,17). The molecule has 0 aliphatic rings. The van der Waals surface area contributed by atoms with Crippen LogP contribution in [0.15, 0.2) is 48.5 Å². The van der Waals surface area contributed by atoms with E-state index in [1.807, 2.05) is 12.1 Å². The second-order valence-corrected chi connectivity index (χ2v) is 4.14. The summed E-state index contributed by atoms with van der Waals surface area (Å²) in [6, 6.07) is 16.6. The molecular formula is C14H13N3. The van der Waals surface area contributed by atoms with Gasteiger partial charge in [0.2, 0.25) is 0 Å². The molecule has 3 N–H and O–H groups in total. The fraction of sp³-hybridized carbons (Fsp3) is 0.0714. The van der Waals surface area contributed by atoms with Crippen LogP contribution in [0.5, 0.6) is 0 Å². The fourth-order valence-electron chi connectivity index (χ4n) is 2.01. The van der Waals surface area contributed by atoms with Crippen molar-refractivity contribution in [3.63, 3.8) is 0 Å². The maximum absolute atomic E-state index is 5.63. The molecule has 0 atom stereocenters. The molecule has 0 aliphatic heterocycles. The van der Waals surface area contributed by atoms with E-state index in [1.165, 1.54) is 11.1 Å². The quantitative estimate of drug-likeness (QED) is 0.701. The fourth-order valence-corrected chi connectivity index (χ4v) is 2.01. The van der Waals surface area contributed by atoms with Gasteiger partial charge < -0.3 is 10.7 Å². The number of H-pyrrole nitrogens is 1. The summed E-state index contributed by atoms with van der Waals surface area (Å²) in [5, 5.41) is 0.